The lowest BCUT2D eigenvalue weighted by atomic mass is 9.91. The zero-order chi connectivity index (χ0) is 12.0. The predicted octanol–water partition coefficient (Wildman–Crippen LogP) is 5.14. The Bertz CT molecular complexity index is 304. The van der Waals surface area contributed by atoms with Crippen molar-refractivity contribution >= 4 is 11.6 Å². The van der Waals surface area contributed by atoms with Gasteiger partial charge in [-0.3, -0.25) is 0 Å². The molecule has 0 bridgehead atoms. The van der Waals surface area contributed by atoms with E-state index in [1.165, 1.54) is 30.4 Å². The maximum Gasteiger partial charge on any atom is 0.0292 e. The number of benzene rings is 1. The van der Waals surface area contributed by atoms with E-state index in [9.17, 15) is 0 Å². The Morgan fingerprint density at radius 1 is 1.12 bits per heavy atom. The number of rotatable bonds is 6. The van der Waals surface area contributed by atoms with Crippen LogP contribution < -0.4 is 0 Å². The van der Waals surface area contributed by atoms with Crippen LogP contribution in [0.2, 0.25) is 0 Å². The fraction of sp³-hybridized carbons (Fsp3) is 0.600. The Hall–Kier alpha value is -0.490. The minimum Gasteiger partial charge on any atom is -0.126 e. The molecule has 0 aliphatic carbocycles. The molecule has 0 N–H and O–H groups in total. The number of alkyl halides is 1. The summed E-state index contributed by atoms with van der Waals surface area (Å²) in [5.74, 6) is 2.07. The summed E-state index contributed by atoms with van der Waals surface area (Å²) < 4.78 is 0. The fourth-order valence-electron chi connectivity index (χ4n) is 2.13. The van der Waals surface area contributed by atoms with Crippen molar-refractivity contribution in [3.05, 3.63) is 35.4 Å². The number of aryl methyl sites for hydroxylation is 1. The van der Waals surface area contributed by atoms with Crippen molar-refractivity contribution in [2.45, 2.75) is 46.0 Å². The molecule has 0 fully saturated rings. The van der Waals surface area contributed by atoms with Crippen molar-refractivity contribution < 1.29 is 0 Å². The first kappa shape index (κ1) is 13.6. The zero-order valence-electron chi connectivity index (χ0n) is 10.7. The van der Waals surface area contributed by atoms with Crippen LogP contribution in [0, 0.1) is 12.8 Å². The molecule has 0 aromatic heterocycles. The van der Waals surface area contributed by atoms with Gasteiger partial charge in [0.15, 0.2) is 0 Å². The van der Waals surface area contributed by atoms with Crippen LogP contribution in [0.15, 0.2) is 24.3 Å². The molecule has 1 aromatic carbocycles. The van der Waals surface area contributed by atoms with Gasteiger partial charge in [0, 0.05) is 5.88 Å². The second-order valence-corrected chi connectivity index (χ2v) is 5.34. The molecule has 1 heteroatoms. The summed E-state index contributed by atoms with van der Waals surface area (Å²) in [6, 6.07) is 8.61. The smallest absolute Gasteiger partial charge is 0.0292 e. The summed E-state index contributed by atoms with van der Waals surface area (Å²) in [7, 11) is 0. The SMILES string of the molecule is Cc1ccccc1C(CCl)CCCC(C)C. The molecule has 1 aromatic rings. The molecule has 0 heterocycles. The minimum absolute atomic E-state index is 0.529. The maximum atomic E-state index is 6.09. The molecule has 0 spiro atoms. The fourth-order valence-corrected chi connectivity index (χ4v) is 2.45. The molecule has 0 saturated carbocycles. The van der Waals surface area contributed by atoms with Crippen LogP contribution >= 0.6 is 11.6 Å². The molecule has 1 atom stereocenters. The van der Waals surface area contributed by atoms with Crippen LogP contribution in [-0.4, -0.2) is 5.88 Å². The largest absolute Gasteiger partial charge is 0.126 e. The van der Waals surface area contributed by atoms with Gasteiger partial charge >= 0.3 is 0 Å². The monoisotopic (exact) mass is 238 g/mol. The molecule has 1 rings (SSSR count). The van der Waals surface area contributed by atoms with E-state index in [-0.39, 0.29) is 0 Å². The minimum atomic E-state index is 0.529. The third-order valence-corrected chi connectivity index (χ3v) is 3.52. The Labute approximate surface area is 105 Å². The van der Waals surface area contributed by atoms with Crippen LogP contribution in [0.25, 0.3) is 0 Å². The first-order chi connectivity index (χ1) is 7.65. The summed E-state index contributed by atoms with van der Waals surface area (Å²) in [5.41, 5.74) is 2.80. The lowest BCUT2D eigenvalue weighted by molar-refractivity contribution is 0.513. The summed E-state index contributed by atoms with van der Waals surface area (Å²) in [6.07, 6.45) is 3.80. The molecule has 0 aliphatic rings. The van der Waals surface area contributed by atoms with Gasteiger partial charge in [0.25, 0.3) is 0 Å². The summed E-state index contributed by atoms with van der Waals surface area (Å²) in [6.45, 7) is 6.74. The van der Waals surface area contributed by atoms with Gasteiger partial charge in [-0.1, -0.05) is 51.0 Å². The second kappa shape index (κ2) is 6.96. The predicted molar refractivity (Wildman–Crippen MR) is 73.3 cm³/mol. The van der Waals surface area contributed by atoms with E-state index in [2.05, 4.69) is 45.0 Å². The van der Waals surface area contributed by atoms with Crippen molar-refractivity contribution in [3.8, 4) is 0 Å². The van der Waals surface area contributed by atoms with Gasteiger partial charge < -0.3 is 0 Å². The molecule has 0 amide bonds. The first-order valence-electron chi connectivity index (χ1n) is 6.26. The summed E-state index contributed by atoms with van der Waals surface area (Å²) in [5, 5.41) is 0. The lowest BCUT2D eigenvalue weighted by Crippen LogP contribution is -2.03. The van der Waals surface area contributed by atoms with Gasteiger partial charge in [0.2, 0.25) is 0 Å². The second-order valence-electron chi connectivity index (χ2n) is 5.03. The molecule has 90 valence electrons. The molecule has 0 nitrogen and oxygen atoms in total. The van der Waals surface area contributed by atoms with Gasteiger partial charge in [0.1, 0.15) is 0 Å². The first-order valence-corrected chi connectivity index (χ1v) is 6.80. The standard InChI is InChI=1S/C15H23Cl/c1-12(2)7-6-9-14(11-16)15-10-5-4-8-13(15)3/h4-5,8,10,12,14H,6-7,9,11H2,1-3H3. The summed E-state index contributed by atoms with van der Waals surface area (Å²) in [4.78, 5) is 0. The zero-order valence-corrected chi connectivity index (χ0v) is 11.4. The number of hydrogen-bond acceptors (Lipinski definition) is 0. The molecule has 0 saturated heterocycles. The van der Waals surface area contributed by atoms with Gasteiger partial charge in [-0.25, -0.2) is 0 Å². The van der Waals surface area contributed by atoms with Gasteiger partial charge in [-0.2, -0.15) is 0 Å². The van der Waals surface area contributed by atoms with Crippen LogP contribution in [0.3, 0.4) is 0 Å². The van der Waals surface area contributed by atoms with Gasteiger partial charge in [0.05, 0.1) is 0 Å². The van der Waals surface area contributed by atoms with Crippen molar-refractivity contribution in [1.82, 2.24) is 0 Å². The van der Waals surface area contributed by atoms with E-state index in [1.807, 2.05) is 0 Å². The molecule has 0 aliphatic heterocycles. The molecule has 1 unspecified atom stereocenters. The van der Waals surface area contributed by atoms with Crippen LogP contribution in [0.4, 0.5) is 0 Å². The van der Waals surface area contributed by atoms with Crippen molar-refractivity contribution in [2.24, 2.45) is 5.92 Å². The van der Waals surface area contributed by atoms with Crippen molar-refractivity contribution in [2.75, 3.05) is 5.88 Å². The average Bonchev–Trinajstić information content (AvgIpc) is 2.25. The Morgan fingerprint density at radius 2 is 1.81 bits per heavy atom. The van der Waals surface area contributed by atoms with E-state index in [0.29, 0.717) is 5.92 Å². The van der Waals surface area contributed by atoms with Crippen LogP contribution in [-0.2, 0) is 0 Å². The van der Waals surface area contributed by atoms with Gasteiger partial charge in [-0.15, -0.1) is 11.6 Å². The number of halogens is 1. The molecular weight excluding hydrogens is 216 g/mol. The quantitative estimate of drug-likeness (QED) is 0.602. The normalized spacial score (nSPS) is 13.1. The highest BCUT2D eigenvalue weighted by Gasteiger charge is 2.12. The van der Waals surface area contributed by atoms with Crippen molar-refractivity contribution in [3.63, 3.8) is 0 Å². The van der Waals surface area contributed by atoms with Crippen LogP contribution in [0.5, 0.6) is 0 Å². The Balaban J connectivity index is 2.57. The third-order valence-electron chi connectivity index (χ3n) is 3.15. The molecule has 16 heavy (non-hydrogen) atoms. The van der Waals surface area contributed by atoms with E-state index < -0.39 is 0 Å². The summed E-state index contributed by atoms with van der Waals surface area (Å²) >= 11 is 6.09. The Morgan fingerprint density at radius 3 is 2.38 bits per heavy atom. The van der Waals surface area contributed by atoms with E-state index in [4.69, 9.17) is 11.6 Å². The third kappa shape index (κ3) is 4.17. The lowest BCUT2D eigenvalue weighted by Gasteiger charge is -2.17. The van der Waals surface area contributed by atoms with E-state index in [0.717, 1.165) is 11.8 Å². The highest BCUT2D eigenvalue weighted by molar-refractivity contribution is 6.18. The van der Waals surface area contributed by atoms with Gasteiger partial charge in [-0.05, 0) is 36.3 Å². The molecule has 0 radical (unpaired) electrons. The van der Waals surface area contributed by atoms with E-state index in [1.54, 1.807) is 0 Å². The van der Waals surface area contributed by atoms with Crippen LogP contribution in [0.1, 0.15) is 50.2 Å². The van der Waals surface area contributed by atoms with E-state index >= 15 is 0 Å². The average molecular weight is 239 g/mol. The Kier molecular flexibility index (Phi) is 5.90. The number of hydrogen-bond donors (Lipinski definition) is 0. The maximum absolute atomic E-state index is 6.09. The highest BCUT2D eigenvalue weighted by Crippen LogP contribution is 2.26. The highest BCUT2D eigenvalue weighted by atomic mass is 35.5. The molecular formula is C15H23Cl. The van der Waals surface area contributed by atoms with Crippen molar-refractivity contribution in [1.29, 1.82) is 0 Å². The topological polar surface area (TPSA) is 0 Å².